The van der Waals surface area contributed by atoms with Gasteiger partial charge in [-0.3, -0.25) is 0 Å². The molecule has 1 heterocycles. The van der Waals surface area contributed by atoms with Crippen molar-refractivity contribution in [1.29, 1.82) is 0 Å². The van der Waals surface area contributed by atoms with Crippen LogP contribution < -0.4 is 4.18 Å². The van der Waals surface area contributed by atoms with Crippen LogP contribution in [0.25, 0.3) is 44.2 Å². The second kappa shape index (κ2) is 8.07. The Hall–Kier alpha value is -3.49. The van der Waals surface area contributed by atoms with Crippen molar-refractivity contribution in [3.63, 3.8) is 0 Å². The molecule has 5 aromatic rings. The highest BCUT2D eigenvalue weighted by molar-refractivity contribution is 7.88. The van der Waals surface area contributed by atoms with E-state index in [0.29, 0.717) is 38.1 Å². The Morgan fingerprint density at radius 1 is 0.765 bits per heavy atom. The van der Waals surface area contributed by atoms with Gasteiger partial charge in [-0.05, 0) is 47.0 Å². The van der Waals surface area contributed by atoms with Crippen LogP contribution in [0.5, 0.6) is 5.75 Å². The molecule has 1 aromatic heterocycles. The Morgan fingerprint density at radius 3 is 2.12 bits per heavy atom. The molecule has 4 aromatic carbocycles. The average Bonchev–Trinajstić information content (AvgIpc) is 3.17. The predicted molar refractivity (Wildman–Crippen MR) is 125 cm³/mol. The second-order valence-electron chi connectivity index (χ2n) is 7.45. The molecule has 0 aliphatic rings. The maximum absolute atomic E-state index is 13.2. The van der Waals surface area contributed by atoms with Gasteiger partial charge < -0.3 is 8.60 Å². The van der Waals surface area contributed by atoms with Gasteiger partial charge in [-0.15, -0.1) is 0 Å². The van der Waals surface area contributed by atoms with Crippen LogP contribution in [0.15, 0.2) is 89.3 Å². The fourth-order valence-electron chi connectivity index (χ4n) is 3.88. The van der Waals surface area contributed by atoms with E-state index < -0.39 is 21.4 Å². The third-order valence-corrected chi connectivity index (χ3v) is 6.56. The van der Waals surface area contributed by atoms with Crippen molar-refractivity contribution in [2.45, 2.75) is 5.51 Å². The molecule has 0 saturated heterocycles. The van der Waals surface area contributed by atoms with E-state index in [4.69, 9.17) is 16.0 Å². The van der Waals surface area contributed by atoms with Crippen molar-refractivity contribution in [3.05, 3.63) is 90.0 Å². The molecular formula is C25H14ClF3O4S. The van der Waals surface area contributed by atoms with E-state index in [2.05, 4.69) is 4.18 Å². The third kappa shape index (κ3) is 3.78. The zero-order valence-corrected chi connectivity index (χ0v) is 18.7. The summed E-state index contributed by atoms with van der Waals surface area (Å²) in [6, 6.07) is 23.4. The molecule has 0 spiro atoms. The lowest BCUT2D eigenvalue weighted by Crippen LogP contribution is -2.28. The summed E-state index contributed by atoms with van der Waals surface area (Å²) < 4.78 is 74.1. The Kier molecular flexibility index (Phi) is 5.30. The molecule has 5 rings (SSSR count). The average molecular weight is 503 g/mol. The summed E-state index contributed by atoms with van der Waals surface area (Å²) in [4.78, 5) is 0. The highest BCUT2D eigenvalue weighted by Gasteiger charge is 2.49. The first-order valence-corrected chi connectivity index (χ1v) is 11.7. The molecule has 0 atom stereocenters. The molecule has 0 radical (unpaired) electrons. The Labute approximate surface area is 197 Å². The van der Waals surface area contributed by atoms with E-state index in [-0.39, 0.29) is 5.56 Å². The number of para-hydroxylation sites is 1. The Morgan fingerprint density at radius 2 is 1.41 bits per heavy atom. The van der Waals surface area contributed by atoms with Gasteiger partial charge in [-0.1, -0.05) is 66.2 Å². The van der Waals surface area contributed by atoms with Gasteiger partial charge in [0.25, 0.3) is 0 Å². The smallest absolute Gasteiger partial charge is 0.456 e. The zero-order valence-electron chi connectivity index (χ0n) is 17.1. The van der Waals surface area contributed by atoms with Crippen LogP contribution in [-0.4, -0.2) is 13.9 Å². The van der Waals surface area contributed by atoms with Crippen LogP contribution in [-0.2, 0) is 10.1 Å². The van der Waals surface area contributed by atoms with E-state index in [1.54, 1.807) is 72.8 Å². The number of hydrogen-bond donors (Lipinski definition) is 0. The van der Waals surface area contributed by atoms with Crippen molar-refractivity contribution in [2.75, 3.05) is 0 Å². The molecule has 0 unspecified atom stereocenters. The van der Waals surface area contributed by atoms with Gasteiger partial charge >= 0.3 is 15.6 Å². The minimum atomic E-state index is -5.92. The van der Waals surface area contributed by atoms with Gasteiger partial charge in [0.15, 0.2) is 5.75 Å². The molecule has 172 valence electrons. The number of alkyl halides is 3. The fourth-order valence-corrected chi connectivity index (χ4v) is 4.48. The van der Waals surface area contributed by atoms with Crippen molar-refractivity contribution < 1.29 is 30.2 Å². The van der Waals surface area contributed by atoms with Crippen molar-refractivity contribution in [2.24, 2.45) is 0 Å². The van der Waals surface area contributed by atoms with Crippen molar-refractivity contribution >= 4 is 43.7 Å². The topological polar surface area (TPSA) is 56.5 Å². The van der Waals surface area contributed by atoms with Crippen LogP contribution in [0.1, 0.15) is 0 Å². The number of fused-ring (bicyclic) bond motifs is 3. The molecule has 4 nitrogen and oxygen atoms in total. The number of furan rings is 1. The van der Waals surface area contributed by atoms with Gasteiger partial charge in [0, 0.05) is 21.4 Å². The maximum Gasteiger partial charge on any atom is 0.534 e. The molecular weight excluding hydrogens is 489 g/mol. The minimum absolute atomic E-state index is 0.167. The maximum atomic E-state index is 13.2. The predicted octanol–water partition coefficient (Wildman–Crippen LogP) is 7.80. The number of hydrogen-bond acceptors (Lipinski definition) is 4. The van der Waals surface area contributed by atoms with Crippen molar-refractivity contribution in [1.82, 2.24) is 0 Å². The quantitative estimate of drug-likeness (QED) is 0.186. The number of halogens is 4. The molecule has 0 N–H and O–H groups in total. The lowest BCUT2D eigenvalue weighted by atomic mass is 9.91. The summed E-state index contributed by atoms with van der Waals surface area (Å²) in [5, 5.41) is 1.56. The molecule has 0 aliphatic heterocycles. The summed E-state index contributed by atoms with van der Waals surface area (Å²) >= 11 is 6.02. The molecule has 9 heteroatoms. The van der Waals surface area contributed by atoms with E-state index in [0.717, 1.165) is 5.56 Å². The van der Waals surface area contributed by atoms with Crippen LogP contribution in [0.3, 0.4) is 0 Å². The van der Waals surface area contributed by atoms with Gasteiger partial charge in [0.1, 0.15) is 11.2 Å². The van der Waals surface area contributed by atoms with Gasteiger partial charge in [-0.25, -0.2) is 0 Å². The van der Waals surface area contributed by atoms with E-state index in [1.165, 1.54) is 12.1 Å². The third-order valence-electron chi connectivity index (χ3n) is 5.34. The molecule has 0 saturated carbocycles. The van der Waals surface area contributed by atoms with Gasteiger partial charge in [0.05, 0.1) is 0 Å². The standard InChI is InChI=1S/C25H14ClF3O4S/c26-16-11-9-15(10-12-16)17-5-1-2-6-18(17)23-22(33-34(30,31)25(27,28)29)14-13-21-24(23)19-7-3-4-8-20(19)32-21/h1-14H. The Balaban J connectivity index is 1.87. The lowest BCUT2D eigenvalue weighted by molar-refractivity contribution is -0.0499. The largest absolute Gasteiger partial charge is 0.534 e. The monoisotopic (exact) mass is 502 g/mol. The SMILES string of the molecule is O=S(=O)(Oc1ccc2oc3ccccc3c2c1-c1ccccc1-c1ccc(Cl)cc1)C(F)(F)F. The van der Waals surface area contributed by atoms with Crippen molar-refractivity contribution in [3.8, 4) is 28.0 Å². The minimum Gasteiger partial charge on any atom is -0.456 e. The first kappa shape index (κ1) is 22.3. The van der Waals surface area contributed by atoms with Crippen LogP contribution >= 0.6 is 11.6 Å². The number of rotatable bonds is 4. The fraction of sp³-hybridized carbons (Fsp3) is 0.0400. The zero-order chi connectivity index (χ0) is 24.1. The van der Waals surface area contributed by atoms with Crippen LogP contribution in [0.2, 0.25) is 5.02 Å². The highest BCUT2D eigenvalue weighted by Crippen LogP contribution is 2.46. The Bertz CT molecular complexity index is 1640. The summed E-state index contributed by atoms with van der Waals surface area (Å²) in [5.74, 6) is -0.460. The summed E-state index contributed by atoms with van der Waals surface area (Å²) in [5.41, 5.74) is -2.71. The van der Waals surface area contributed by atoms with Crippen LogP contribution in [0.4, 0.5) is 13.2 Å². The van der Waals surface area contributed by atoms with Gasteiger partial charge in [0.2, 0.25) is 0 Å². The molecule has 0 bridgehead atoms. The second-order valence-corrected chi connectivity index (χ2v) is 9.42. The molecule has 0 aliphatic carbocycles. The first-order chi connectivity index (χ1) is 16.2. The molecule has 34 heavy (non-hydrogen) atoms. The lowest BCUT2D eigenvalue weighted by Gasteiger charge is -2.17. The summed E-state index contributed by atoms with van der Waals surface area (Å²) in [6.07, 6.45) is 0. The number of benzene rings is 4. The van der Waals surface area contributed by atoms with Gasteiger partial charge in [-0.2, -0.15) is 21.6 Å². The van der Waals surface area contributed by atoms with E-state index in [1.807, 2.05) is 0 Å². The first-order valence-electron chi connectivity index (χ1n) is 9.96. The normalized spacial score (nSPS) is 12.4. The summed E-state index contributed by atoms with van der Waals surface area (Å²) in [6.45, 7) is 0. The van der Waals surface area contributed by atoms with E-state index >= 15 is 0 Å². The highest BCUT2D eigenvalue weighted by atomic mass is 35.5. The molecule has 0 fully saturated rings. The van der Waals surface area contributed by atoms with Crippen LogP contribution in [0, 0.1) is 0 Å². The summed E-state index contributed by atoms with van der Waals surface area (Å²) in [7, 11) is -5.92. The molecule has 0 amide bonds. The van der Waals surface area contributed by atoms with E-state index in [9.17, 15) is 21.6 Å².